The fraction of sp³-hybridized carbons (Fsp3) is 0.286. The Hall–Kier alpha value is -3.17. The summed E-state index contributed by atoms with van der Waals surface area (Å²) in [5, 5.41) is 15.8. The van der Waals surface area contributed by atoms with Crippen LogP contribution in [0.3, 0.4) is 0 Å². The molecule has 0 aliphatic heterocycles. The van der Waals surface area contributed by atoms with E-state index in [0.29, 0.717) is 24.5 Å². The van der Waals surface area contributed by atoms with Gasteiger partial charge >= 0.3 is 0 Å². The van der Waals surface area contributed by atoms with Crippen LogP contribution in [0.1, 0.15) is 22.4 Å². The number of aryl methyl sites for hydroxylation is 1. The number of hydrogen-bond acceptors (Lipinski definition) is 5. The van der Waals surface area contributed by atoms with Gasteiger partial charge in [0.1, 0.15) is 17.4 Å². The number of nitriles is 1. The van der Waals surface area contributed by atoms with Gasteiger partial charge in [0.05, 0.1) is 19.5 Å². The summed E-state index contributed by atoms with van der Waals surface area (Å²) in [5.41, 5.74) is 2.28. The number of benzene rings is 2. The van der Waals surface area contributed by atoms with Gasteiger partial charge in [-0.2, -0.15) is 10.4 Å². The maximum atomic E-state index is 12.4. The fourth-order valence-corrected chi connectivity index (χ4v) is 3.09. The lowest BCUT2D eigenvalue weighted by molar-refractivity contribution is 0.239. The lowest BCUT2D eigenvalue weighted by Gasteiger charge is -2.18. The molecule has 1 heterocycles. The van der Waals surface area contributed by atoms with Gasteiger partial charge in [0.15, 0.2) is 0 Å². The summed E-state index contributed by atoms with van der Waals surface area (Å²) in [4.78, 5) is 14.4. The number of nitrogens with zero attached hydrogens (tertiary/aromatic N) is 4. The number of hydrogen-bond donors (Lipinski definition) is 0. The molecule has 2 aromatic carbocycles. The van der Waals surface area contributed by atoms with Crippen LogP contribution in [0.5, 0.6) is 5.75 Å². The molecule has 3 aromatic rings. The summed E-state index contributed by atoms with van der Waals surface area (Å²) < 4.78 is 6.62. The molecule has 0 saturated carbocycles. The molecular weight excluding hydrogens is 340 g/mol. The maximum absolute atomic E-state index is 12.4. The summed E-state index contributed by atoms with van der Waals surface area (Å²) in [6, 6.07) is 14.2. The van der Waals surface area contributed by atoms with E-state index in [1.807, 2.05) is 43.1 Å². The quantitative estimate of drug-likeness (QED) is 0.698. The topological polar surface area (TPSA) is 71.2 Å². The standard InChI is InChI=1S/C21H22N4O2/c1-14-15(2)23-25(21(26)20(14)11-22)13-24(3)12-16-5-6-18-10-19(27-4)8-7-17(18)9-16/h5-10H,12-13H2,1-4H3. The van der Waals surface area contributed by atoms with Gasteiger partial charge in [-0.1, -0.05) is 18.2 Å². The Morgan fingerprint density at radius 1 is 1.19 bits per heavy atom. The third kappa shape index (κ3) is 3.83. The lowest BCUT2D eigenvalue weighted by atomic mass is 10.1. The molecule has 0 N–H and O–H groups in total. The average molecular weight is 362 g/mol. The highest BCUT2D eigenvalue weighted by Crippen LogP contribution is 2.22. The largest absolute Gasteiger partial charge is 0.497 e. The zero-order valence-electron chi connectivity index (χ0n) is 16.0. The minimum absolute atomic E-state index is 0.163. The molecule has 138 valence electrons. The third-order valence-electron chi connectivity index (χ3n) is 4.69. The molecule has 27 heavy (non-hydrogen) atoms. The first kappa shape index (κ1) is 18.6. The van der Waals surface area contributed by atoms with Crippen molar-refractivity contribution in [2.45, 2.75) is 27.1 Å². The lowest BCUT2D eigenvalue weighted by Crippen LogP contribution is -2.34. The molecule has 3 rings (SSSR count). The molecule has 1 aromatic heterocycles. The van der Waals surface area contributed by atoms with Crippen molar-refractivity contribution in [1.29, 1.82) is 5.26 Å². The molecular formula is C21H22N4O2. The molecule has 0 aliphatic carbocycles. The number of fused-ring (bicyclic) bond motifs is 1. The van der Waals surface area contributed by atoms with Crippen LogP contribution < -0.4 is 10.3 Å². The second kappa shape index (κ2) is 7.60. The van der Waals surface area contributed by atoms with Gasteiger partial charge < -0.3 is 4.74 Å². The van der Waals surface area contributed by atoms with Crippen LogP contribution >= 0.6 is 0 Å². The fourth-order valence-electron chi connectivity index (χ4n) is 3.09. The van der Waals surface area contributed by atoms with Crippen molar-refractivity contribution in [2.24, 2.45) is 0 Å². The van der Waals surface area contributed by atoms with Crippen molar-refractivity contribution in [1.82, 2.24) is 14.7 Å². The highest BCUT2D eigenvalue weighted by Gasteiger charge is 2.13. The molecule has 0 atom stereocenters. The molecule has 0 spiro atoms. The van der Waals surface area contributed by atoms with E-state index in [1.165, 1.54) is 4.68 Å². The number of ether oxygens (including phenoxy) is 1. The van der Waals surface area contributed by atoms with Gasteiger partial charge in [0.25, 0.3) is 5.56 Å². The summed E-state index contributed by atoms with van der Waals surface area (Å²) in [5.74, 6) is 0.834. The summed E-state index contributed by atoms with van der Waals surface area (Å²) in [6.45, 7) is 4.53. The van der Waals surface area contributed by atoms with Crippen molar-refractivity contribution in [3.05, 3.63) is 69.1 Å². The van der Waals surface area contributed by atoms with Crippen LogP contribution in [0.15, 0.2) is 41.2 Å². The van der Waals surface area contributed by atoms with Gasteiger partial charge in [0.2, 0.25) is 0 Å². The monoisotopic (exact) mass is 362 g/mol. The molecule has 6 nitrogen and oxygen atoms in total. The molecule has 0 saturated heterocycles. The first-order chi connectivity index (χ1) is 12.9. The second-order valence-corrected chi connectivity index (χ2v) is 6.70. The van der Waals surface area contributed by atoms with E-state index in [4.69, 9.17) is 4.74 Å². The van der Waals surface area contributed by atoms with Crippen molar-refractivity contribution in [3.63, 3.8) is 0 Å². The molecule has 0 aliphatic rings. The van der Waals surface area contributed by atoms with Gasteiger partial charge in [-0.25, -0.2) is 4.68 Å². The highest BCUT2D eigenvalue weighted by molar-refractivity contribution is 5.84. The number of methoxy groups -OCH3 is 1. The summed E-state index contributed by atoms with van der Waals surface area (Å²) in [6.07, 6.45) is 0. The molecule has 0 bridgehead atoms. The highest BCUT2D eigenvalue weighted by atomic mass is 16.5. The Kier molecular flexibility index (Phi) is 5.24. The molecule has 0 unspecified atom stereocenters. The first-order valence-electron chi connectivity index (χ1n) is 8.66. The van der Waals surface area contributed by atoms with E-state index in [9.17, 15) is 10.1 Å². The van der Waals surface area contributed by atoms with E-state index in [1.54, 1.807) is 14.0 Å². The van der Waals surface area contributed by atoms with Crippen molar-refractivity contribution in [3.8, 4) is 11.8 Å². The predicted molar refractivity (Wildman–Crippen MR) is 105 cm³/mol. The van der Waals surface area contributed by atoms with E-state index >= 15 is 0 Å². The predicted octanol–water partition coefficient (Wildman–Crippen LogP) is 2.98. The minimum atomic E-state index is -0.349. The van der Waals surface area contributed by atoms with E-state index in [2.05, 4.69) is 23.3 Å². The Bertz CT molecular complexity index is 1100. The average Bonchev–Trinajstić information content (AvgIpc) is 2.66. The van der Waals surface area contributed by atoms with Gasteiger partial charge in [0, 0.05) is 6.54 Å². The van der Waals surface area contributed by atoms with Crippen LogP contribution in [0.4, 0.5) is 0 Å². The second-order valence-electron chi connectivity index (χ2n) is 6.70. The van der Waals surface area contributed by atoms with E-state index < -0.39 is 0 Å². The SMILES string of the molecule is COc1ccc2cc(CN(C)Cn3nc(C)c(C)c(C#N)c3=O)ccc2c1. The van der Waals surface area contributed by atoms with Crippen LogP contribution in [0, 0.1) is 25.2 Å². The van der Waals surface area contributed by atoms with Crippen LogP contribution in [-0.2, 0) is 13.2 Å². The maximum Gasteiger partial charge on any atom is 0.286 e. The molecule has 0 radical (unpaired) electrons. The minimum Gasteiger partial charge on any atom is -0.497 e. The molecule has 0 amide bonds. The van der Waals surface area contributed by atoms with Crippen LogP contribution in [-0.4, -0.2) is 28.8 Å². The molecule has 6 heteroatoms. The Morgan fingerprint density at radius 3 is 2.59 bits per heavy atom. The van der Waals surface area contributed by atoms with E-state index in [-0.39, 0.29) is 11.1 Å². The van der Waals surface area contributed by atoms with Gasteiger partial charge in [-0.15, -0.1) is 0 Å². The Labute approximate surface area is 158 Å². The van der Waals surface area contributed by atoms with Crippen LogP contribution in [0.2, 0.25) is 0 Å². The number of aromatic nitrogens is 2. The first-order valence-corrected chi connectivity index (χ1v) is 8.66. The third-order valence-corrected chi connectivity index (χ3v) is 4.69. The Balaban J connectivity index is 1.81. The van der Waals surface area contributed by atoms with Crippen molar-refractivity contribution < 1.29 is 4.74 Å². The van der Waals surface area contributed by atoms with Gasteiger partial charge in [-0.05, 0) is 61.0 Å². The van der Waals surface area contributed by atoms with Crippen molar-refractivity contribution in [2.75, 3.05) is 14.2 Å². The zero-order chi connectivity index (χ0) is 19.6. The summed E-state index contributed by atoms with van der Waals surface area (Å²) in [7, 11) is 3.58. The molecule has 0 fully saturated rings. The summed E-state index contributed by atoms with van der Waals surface area (Å²) >= 11 is 0. The van der Waals surface area contributed by atoms with Crippen LogP contribution in [0.25, 0.3) is 10.8 Å². The smallest absolute Gasteiger partial charge is 0.286 e. The Morgan fingerprint density at radius 2 is 1.89 bits per heavy atom. The number of rotatable bonds is 5. The van der Waals surface area contributed by atoms with Crippen molar-refractivity contribution >= 4 is 10.8 Å². The normalized spacial score (nSPS) is 11.0. The van der Waals surface area contributed by atoms with E-state index in [0.717, 1.165) is 22.1 Å². The zero-order valence-corrected chi connectivity index (χ0v) is 16.0. The van der Waals surface area contributed by atoms with Gasteiger partial charge in [-0.3, -0.25) is 9.69 Å².